The average Bonchev–Trinajstić information content (AvgIpc) is 2.75. The maximum Gasteiger partial charge on any atom is 0.494 e. The number of nitrogens with zero attached hydrogens (tertiary/aromatic N) is 1. The maximum absolute atomic E-state index is 14.8. The molecule has 0 spiro atoms. The second-order valence-electron chi connectivity index (χ2n) is 7.47. The van der Waals surface area contributed by atoms with Gasteiger partial charge in [0.2, 0.25) is 0 Å². The van der Waals surface area contributed by atoms with Gasteiger partial charge in [-0.05, 0) is 69.4 Å². The fourth-order valence-electron chi connectivity index (χ4n) is 2.91. The van der Waals surface area contributed by atoms with E-state index in [-0.39, 0.29) is 5.82 Å². The first-order chi connectivity index (χ1) is 11.6. The Morgan fingerprint density at radius 1 is 0.960 bits per heavy atom. The molecule has 0 saturated carbocycles. The van der Waals surface area contributed by atoms with E-state index in [9.17, 15) is 4.39 Å². The third kappa shape index (κ3) is 3.08. The van der Waals surface area contributed by atoms with Gasteiger partial charge >= 0.3 is 7.12 Å². The van der Waals surface area contributed by atoms with Crippen LogP contribution in [-0.4, -0.2) is 18.3 Å². The van der Waals surface area contributed by atoms with Crippen molar-refractivity contribution in [3.8, 4) is 17.2 Å². The maximum atomic E-state index is 14.8. The molecule has 0 bridgehead atoms. The number of nitriles is 1. The van der Waals surface area contributed by atoms with Crippen molar-refractivity contribution in [3.05, 3.63) is 53.3 Å². The van der Waals surface area contributed by atoms with Crippen molar-refractivity contribution in [3.63, 3.8) is 0 Å². The molecule has 128 valence electrons. The SMILES string of the molecule is Cc1cc(C#N)ccc1-c1ccc(B2OC(C)(C)C(C)(C)O2)cc1F. The van der Waals surface area contributed by atoms with Gasteiger partial charge in [-0.3, -0.25) is 0 Å². The quantitative estimate of drug-likeness (QED) is 0.779. The van der Waals surface area contributed by atoms with Crippen LogP contribution in [0.5, 0.6) is 0 Å². The summed E-state index contributed by atoms with van der Waals surface area (Å²) in [5.74, 6) is -0.333. The van der Waals surface area contributed by atoms with E-state index in [4.69, 9.17) is 14.6 Å². The Bertz CT molecular complexity index is 854. The highest BCUT2D eigenvalue weighted by atomic mass is 19.1. The van der Waals surface area contributed by atoms with Gasteiger partial charge in [0, 0.05) is 5.56 Å². The van der Waals surface area contributed by atoms with Crippen molar-refractivity contribution in [2.45, 2.75) is 45.8 Å². The lowest BCUT2D eigenvalue weighted by molar-refractivity contribution is 0.00578. The summed E-state index contributed by atoms with van der Waals surface area (Å²) >= 11 is 0. The van der Waals surface area contributed by atoms with E-state index in [1.165, 1.54) is 6.07 Å². The van der Waals surface area contributed by atoms with Crippen LogP contribution in [0.4, 0.5) is 4.39 Å². The third-order valence-electron chi connectivity index (χ3n) is 5.16. The van der Waals surface area contributed by atoms with Gasteiger partial charge in [0.25, 0.3) is 0 Å². The van der Waals surface area contributed by atoms with Crippen molar-refractivity contribution >= 4 is 12.6 Å². The minimum atomic E-state index is -0.587. The smallest absolute Gasteiger partial charge is 0.399 e. The Labute approximate surface area is 148 Å². The Hall–Kier alpha value is -2.16. The highest BCUT2D eigenvalue weighted by molar-refractivity contribution is 6.62. The van der Waals surface area contributed by atoms with Gasteiger partial charge in [-0.1, -0.05) is 18.2 Å². The van der Waals surface area contributed by atoms with Crippen molar-refractivity contribution in [1.29, 1.82) is 5.26 Å². The molecule has 3 rings (SSSR count). The van der Waals surface area contributed by atoms with Crippen molar-refractivity contribution in [1.82, 2.24) is 0 Å². The van der Waals surface area contributed by atoms with Gasteiger partial charge in [0.1, 0.15) is 5.82 Å². The van der Waals surface area contributed by atoms with Gasteiger partial charge in [-0.25, -0.2) is 4.39 Å². The molecule has 1 aliphatic rings. The van der Waals surface area contributed by atoms with Gasteiger partial charge in [0.05, 0.1) is 22.8 Å². The van der Waals surface area contributed by atoms with Crippen LogP contribution in [0.15, 0.2) is 36.4 Å². The number of hydrogen-bond donors (Lipinski definition) is 0. The molecule has 25 heavy (non-hydrogen) atoms. The molecule has 0 amide bonds. The van der Waals surface area contributed by atoms with E-state index in [1.54, 1.807) is 24.3 Å². The van der Waals surface area contributed by atoms with Crippen molar-refractivity contribution < 1.29 is 13.7 Å². The Kier molecular flexibility index (Phi) is 4.22. The summed E-state index contributed by atoms with van der Waals surface area (Å²) < 4.78 is 26.7. The molecule has 1 fully saturated rings. The summed E-state index contributed by atoms with van der Waals surface area (Å²) in [6.07, 6.45) is 0. The molecule has 2 aromatic carbocycles. The molecule has 5 heteroatoms. The van der Waals surface area contributed by atoms with E-state index in [2.05, 4.69) is 6.07 Å². The minimum absolute atomic E-state index is 0.333. The molecule has 1 saturated heterocycles. The summed E-state index contributed by atoms with van der Waals surface area (Å²) in [4.78, 5) is 0. The number of rotatable bonds is 2. The lowest BCUT2D eigenvalue weighted by Gasteiger charge is -2.32. The van der Waals surface area contributed by atoms with Crippen molar-refractivity contribution in [2.75, 3.05) is 0 Å². The standard InChI is InChI=1S/C20H21BFNO2/c1-13-10-14(12-23)6-8-16(13)17-9-7-15(11-18(17)22)21-24-19(2,3)20(4,5)25-21/h6-11H,1-5H3. The second-order valence-corrected chi connectivity index (χ2v) is 7.47. The third-order valence-corrected chi connectivity index (χ3v) is 5.16. The monoisotopic (exact) mass is 337 g/mol. The molecule has 0 radical (unpaired) electrons. The van der Waals surface area contributed by atoms with Crippen LogP contribution in [0.3, 0.4) is 0 Å². The Morgan fingerprint density at radius 2 is 1.56 bits per heavy atom. The molecule has 1 aliphatic heterocycles. The topological polar surface area (TPSA) is 42.2 Å². The zero-order valence-electron chi connectivity index (χ0n) is 15.2. The summed E-state index contributed by atoms with van der Waals surface area (Å²) in [5.41, 5.74) is 2.44. The summed E-state index contributed by atoms with van der Waals surface area (Å²) in [7, 11) is -0.587. The average molecular weight is 337 g/mol. The molecule has 0 aromatic heterocycles. The van der Waals surface area contributed by atoms with Crippen LogP contribution in [-0.2, 0) is 9.31 Å². The van der Waals surface area contributed by atoms with Crippen LogP contribution in [0, 0.1) is 24.1 Å². The predicted octanol–water partition coefficient (Wildman–Crippen LogP) is 3.97. The van der Waals surface area contributed by atoms with E-state index in [1.807, 2.05) is 40.7 Å². The van der Waals surface area contributed by atoms with Gasteiger partial charge in [-0.15, -0.1) is 0 Å². The summed E-state index contributed by atoms with van der Waals surface area (Å²) in [6, 6.07) is 12.4. The van der Waals surface area contributed by atoms with E-state index in [0.29, 0.717) is 16.6 Å². The summed E-state index contributed by atoms with van der Waals surface area (Å²) in [5, 5.41) is 8.97. The Morgan fingerprint density at radius 3 is 2.08 bits per heavy atom. The highest BCUT2D eigenvalue weighted by Crippen LogP contribution is 2.36. The largest absolute Gasteiger partial charge is 0.494 e. The number of hydrogen-bond acceptors (Lipinski definition) is 3. The molecule has 3 nitrogen and oxygen atoms in total. The molecule has 0 atom stereocenters. The van der Waals surface area contributed by atoms with Gasteiger partial charge < -0.3 is 9.31 Å². The van der Waals surface area contributed by atoms with Crippen molar-refractivity contribution in [2.24, 2.45) is 0 Å². The highest BCUT2D eigenvalue weighted by Gasteiger charge is 2.51. The molecule has 1 heterocycles. The van der Waals surface area contributed by atoms with Gasteiger partial charge in [0.15, 0.2) is 0 Å². The number of halogens is 1. The fraction of sp³-hybridized carbons (Fsp3) is 0.350. The molecular weight excluding hydrogens is 316 g/mol. The molecule has 0 unspecified atom stereocenters. The van der Waals surface area contributed by atoms with Crippen LogP contribution >= 0.6 is 0 Å². The first-order valence-electron chi connectivity index (χ1n) is 8.31. The zero-order valence-corrected chi connectivity index (χ0v) is 15.2. The minimum Gasteiger partial charge on any atom is -0.399 e. The first kappa shape index (κ1) is 17.7. The van der Waals surface area contributed by atoms with Crippen LogP contribution < -0.4 is 5.46 Å². The van der Waals surface area contributed by atoms with Crippen LogP contribution in [0.1, 0.15) is 38.8 Å². The Balaban J connectivity index is 1.94. The van der Waals surface area contributed by atoms with E-state index >= 15 is 0 Å². The molecule has 0 aliphatic carbocycles. The lowest BCUT2D eigenvalue weighted by atomic mass is 9.78. The number of benzene rings is 2. The first-order valence-corrected chi connectivity index (χ1v) is 8.31. The predicted molar refractivity (Wildman–Crippen MR) is 97.0 cm³/mol. The second kappa shape index (κ2) is 5.98. The van der Waals surface area contributed by atoms with Crippen LogP contribution in [0.25, 0.3) is 11.1 Å². The fourth-order valence-corrected chi connectivity index (χ4v) is 2.91. The number of aryl methyl sites for hydroxylation is 1. The molecule has 2 aromatic rings. The summed E-state index contributed by atoms with van der Waals surface area (Å²) in [6.45, 7) is 9.75. The van der Waals surface area contributed by atoms with E-state index in [0.717, 1.165) is 11.1 Å². The molecule has 0 N–H and O–H groups in total. The van der Waals surface area contributed by atoms with Crippen LogP contribution in [0.2, 0.25) is 0 Å². The zero-order chi connectivity index (χ0) is 18.4. The molecular formula is C20H21BFNO2. The van der Waals surface area contributed by atoms with E-state index < -0.39 is 18.3 Å². The normalized spacial score (nSPS) is 18.2. The van der Waals surface area contributed by atoms with Gasteiger partial charge in [-0.2, -0.15) is 5.26 Å². The lowest BCUT2D eigenvalue weighted by Crippen LogP contribution is -2.41.